The van der Waals surface area contributed by atoms with E-state index in [0.717, 1.165) is 130 Å². The van der Waals surface area contributed by atoms with Gasteiger partial charge in [-0.3, -0.25) is 9.89 Å². The quantitative estimate of drug-likeness (QED) is 0.0528. The summed E-state index contributed by atoms with van der Waals surface area (Å²) < 4.78 is 37.4. The van der Waals surface area contributed by atoms with E-state index in [1.165, 1.54) is 0 Å². The van der Waals surface area contributed by atoms with E-state index in [2.05, 4.69) is 91.7 Å². The lowest BCUT2D eigenvalue weighted by Gasteiger charge is -2.37. The molecule has 17 heteroatoms. The molecular formula is C83H86N6O11. The number of ether oxygens (including phenoxy) is 5. The fraction of sp³-hybridized carbons (Fsp3) is 0.289. The second-order valence-corrected chi connectivity index (χ2v) is 25.6. The van der Waals surface area contributed by atoms with Crippen molar-refractivity contribution in [2.45, 2.75) is 99.9 Å². The largest absolute Gasteiger partial charge is 0.478 e. The third-order valence-corrected chi connectivity index (χ3v) is 18.8. The van der Waals surface area contributed by atoms with Crippen LogP contribution < -0.4 is 39.7 Å². The lowest BCUT2D eigenvalue weighted by atomic mass is 9.77. The molecule has 0 saturated heterocycles. The summed E-state index contributed by atoms with van der Waals surface area (Å²) in [4.78, 5) is 63.8. The molecule has 0 radical (unpaired) electrons. The minimum Gasteiger partial charge on any atom is -0.478 e. The summed E-state index contributed by atoms with van der Waals surface area (Å²) >= 11 is 0. The summed E-state index contributed by atoms with van der Waals surface area (Å²) in [6.45, 7) is 31.4. The van der Waals surface area contributed by atoms with Crippen LogP contribution >= 0.6 is 0 Å². The summed E-state index contributed by atoms with van der Waals surface area (Å²) in [7, 11) is 0. The molecule has 17 nitrogen and oxygen atoms in total. The number of nitrogens with zero attached hydrogens (tertiary/aromatic N) is 5. The van der Waals surface area contributed by atoms with Gasteiger partial charge >= 0.3 is 24.0 Å². The van der Waals surface area contributed by atoms with E-state index in [4.69, 9.17) is 28.1 Å². The van der Waals surface area contributed by atoms with Gasteiger partial charge in [0.05, 0.1) is 27.7 Å². The number of anilines is 5. The molecule has 0 fully saturated rings. The van der Waals surface area contributed by atoms with Crippen LogP contribution in [0.2, 0.25) is 0 Å². The Morgan fingerprint density at radius 3 is 1.44 bits per heavy atom. The number of carboxylic acids is 1. The molecule has 0 bridgehead atoms. The number of hydrogen-bond acceptors (Lipinski definition) is 15. The Bertz CT molecular complexity index is 4810. The number of amides is 1. The average molecular weight is 1340 g/mol. The molecule has 2 spiro atoms. The van der Waals surface area contributed by atoms with E-state index in [-0.39, 0.29) is 17.5 Å². The summed E-state index contributed by atoms with van der Waals surface area (Å²) in [6.07, 6.45) is -0.438. The monoisotopic (exact) mass is 1340 g/mol. The Hall–Kier alpha value is -11.1. The maximum absolute atomic E-state index is 13.1. The predicted octanol–water partition coefficient (Wildman–Crippen LogP) is 18.1. The molecule has 5 heterocycles. The standard InChI is InChI=1S/C31H34N2O5.2C26H26N2O3/c1-7-32(8-2)20-14-16-24-26(18-20)36-27-19-21(33(9-3)29(35)38-30(4,5)6)15-17-25(27)31(24)23-13-11-10-12-22(23)28(34)37-31;1-4-27-17-11-13-21-23(15-17)30-24-16-18(28(5-2)6-3)12-14-22(24)26(21)20-10-8-7-9-19(20)25(29)31-26;1-4-27-17-11-13-21-23(15-17)31-24-16-18(28(5-2)6-3)12-14-22(24)25(21)19-9-7-8-10-20(19)26(29)30/h10-19H,7-9H2,1-6H3;7-16,27H,4-6H2,1-3H3;7-16H,4-6H2,1-3H3,(H,29,30). The Labute approximate surface area is 584 Å². The first-order valence-electron chi connectivity index (χ1n) is 34.7. The first-order valence-corrected chi connectivity index (χ1v) is 34.7. The van der Waals surface area contributed by atoms with Crippen LogP contribution in [-0.2, 0) is 25.4 Å². The summed E-state index contributed by atoms with van der Waals surface area (Å²) in [5.74, 6) is 1.62. The van der Waals surface area contributed by atoms with E-state index in [9.17, 15) is 24.3 Å². The molecule has 514 valence electrons. The molecule has 5 aliphatic heterocycles. The molecule has 0 saturated carbocycles. The SMILES string of the molecule is CCN(CC)c1ccc2c(c1)Oc1cc(N(CC)C(=O)OC(C)(C)C)ccc1C21OC(=O)c2ccccc21.CCN=c1ccc2c(-c3ccccc3C(=O)O)c3ccc(N(CC)CC)cc3oc-2c1.CCNc1ccc2c(c1)Oc1cc(N(CC)CC)ccc1C21OC(=O)c2ccccc21. The van der Waals surface area contributed by atoms with Crippen molar-refractivity contribution in [3.05, 3.63) is 237 Å². The van der Waals surface area contributed by atoms with Crippen LogP contribution in [-0.4, -0.2) is 93.6 Å². The Morgan fingerprint density at radius 1 is 0.490 bits per heavy atom. The van der Waals surface area contributed by atoms with Gasteiger partial charge in [-0.25, -0.2) is 19.2 Å². The van der Waals surface area contributed by atoms with Crippen molar-refractivity contribution in [2.24, 2.45) is 4.99 Å². The maximum Gasteiger partial charge on any atom is 0.414 e. The lowest BCUT2D eigenvalue weighted by Crippen LogP contribution is -2.37. The molecule has 1 amide bonds. The zero-order valence-corrected chi connectivity index (χ0v) is 59.0. The molecule has 0 aromatic heterocycles. The van der Waals surface area contributed by atoms with Crippen LogP contribution in [0.1, 0.15) is 148 Å². The van der Waals surface area contributed by atoms with Crippen molar-refractivity contribution >= 4 is 63.4 Å². The molecule has 2 N–H and O–H groups in total. The van der Waals surface area contributed by atoms with Gasteiger partial charge < -0.3 is 53.2 Å². The van der Waals surface area contributed by atoms with Crippen molar-refractivity contribution in [1.82, 2.24) is 0 Å². The number of benzene rings is 9. The van der Waals surface area contributed by atoms with Crippen LogP contribution in [0.3, 0.4) is 0 Å². The zero-order valence-electron chi connectivity index (χ0n) is 59.0. The molecule has 6 aliphatic rings. The maximum atomic E-state index is 13.1. The number of hydrogen-bond donors (Lipinski definition) is 2. The van der Waals surface area contributed by atoms with Gasteiger partial charge in [0.1, 0.15) is 39.9 Å². The third-order valence-electron chi connectivity index (χ3n) is 18.8. The number of fused-ring (bicyclic) bond motifs is 14. The molecule has 14 rings (SSSR count). The summed E-state index contributed by atoms with van der Waals surface area (Å²) in [5, 5.41) is 14.9. The van der Waals surface area contributed by atoms with E-state index in [1.807, 2.05) is 180 Å². The third kappa shape index (κ3) is 12.5. The van der Waals surface area contributed by atoms with E-state index < -0.39 is 28.9 Å². The van der Waals surface area contributed by atoms with Crippen molar-refractivity contribution in [3.63, 3.8) is 0 Å². The highest BCUT2D eigenvalue weighted by molar-refractivity contribution is 6.08. The molecule has 2 unspecified atom stereocenters. The number of esters is 2. The summed E-state index contributed by atoms with van der Waals surface area (Å²) in [5.41, 5.74) is 11.3. The van der Waals surface area contributed by atoms with Crippen LogP contribution in [0.4, 0.5) is 33.2 Å². The van der Waals surface area contributed by atoms with Gasteiger partial charge in [0.25, 0.3) is 0 Å². The number of carbonyl (C=O) groups is 4. The van der Waals surface area contributed by atoms with Crippen molar-refractivity contribution in [2.75, 3.05) is 83.8 Å². The minimum absolute atomic E-state index is 0.270. The van der Waals surface area contributed by atoms with Gasteiger partial charge in [-0.1, -0.05) is 54.6 Å². The lowest BCUT2D eigenvalue weighted by molar-refractivity contribution is 0.0214. The molecular weight excluding hydrogens is 1260 g/mol. The normalized spacial score (nSPS) is 15.8. The Balaban J connectivity index is 0.000000143. The number of carboxylic acid groups (broad SMARTS) is 1. The van der Waals surface area contributed by atoms with Crippen LogP contribution in [0.25, 0.3) is 33.4 Å². The summed E-state index contributed by atoms with van der Waals surface area (Å²) in [6, 6.07) is 58.0. The van der Waals surface area contributed by atoms with Gasteiger partial charge in [0.15, 0.2) is 11.2 Å². The number of rotatable bonds is 16. The van der Waals surface area contributed by atoms with Crippen LogP contribution in [0, 0.1) is 0 Å². The highest BCUT2D eigenvalue weighted by Gasteiger charge is 2.55. The van der Waals surface area contributed by atoms with E-state index in [0.29, 0.717) is 64.0 Å². The van der Waals surface area contributed by atoms with Crippen molar-refractivity contribution in [1.29, 1.82) is 0 Å². The van der Waals surface area contributed by atoms with Crippen LogP contribution in [0.5, 0.6) is 23.0 Å². The molecule has 2 atom stereocenters. The Morgan fingerprint density at radius 2 is 0.950 bits per heavy atom. The predicted molar refractivity (Wildman–Crippen MR) is 395 cm³/mol. The second-order valence-electron chi connectivity index (χ2n) is 25.6. The number of nitrogens with one attached hydrogen (secondary N) is 1. The topological polar surface area (TPSA) is 185 Å². The second kappa shape index (κ2) is 28.4. The first-order chi connectivity index (χ1) is 48.3. The number of carbonyl (C=O) groups excluding carboxylic acids is 3. The van der Waals surface area contributed by atoms with Crippen molar-refractivity contribution in [3.8, 4) is 45.4 Å². The fourth-order valence-electron chi connectivity index (χ4n) is 14.2. The van der Waals surface area contributed by atoms with Gasteiger partial charge in [0.2, 0.25) is 0 Å². The minimum atomic E-state index is -1.15. The van der Waals surface area contributed by atoms with Gasteiger partial charge in [-0.15, -0.1) is 0 Å². The van der Waals surface area contributed by atoms with Gasteiger partial charge in [0, 0.05) is 168 Å². The van der Waals surface area contributed by atoms with Gasteiger partial charge in [-0.2, -0.15) is 0 Å². The Kier molecular flexibility index (Phi) is 19.6. The average Bonchev–Trinajstić information content (AvgIpc) is 1.48. The first kappa shape index (κ1) is 68.9. The number of aromatic carboxylic acids is 1. The van der Waals surface area contributed by atoms with E-state index in [1.54, 1.807) is 23.1 Å². The van der Waals surface area contributed by atoms with Gasteiger partial charge in [-0.05, 0) is 180 Å². The zero-order chi connectivity index (χ0) is 70.8. The molecule has 8 aromatic rings. The molecule has 100 heavy (non-hydrogen) atoms. The fourth-order valence-corrected chi connectivity index (χ4v) is 14.2. The molecule has 8 aromatic carbocycles. The van der Waals surface area contributed by atoms with Crippen molar-refractivity contribution < 1.29 is 52.4 Å². The highest BCUT2D eigenvalue weighted by atomic mass is 16.6. The van der Waals surface area contributed by atoms with Crippen LogP contribution in [0.15, 0.2) is 191 Å². The molecule has 1 aliphatic carbocycles. The highest BCUT2D eigenvalue weighted by Crippen LogP contribution is 2.59. The smallest absolute Gasteiger partial charge is 0.414 e. The van der Waals surface area contributed by atoms with E-state index >= 15 is 0 Å².